The van der Waals surface area contributed by atoms with E-state index < -0.39 is 5.41 Å². The summed E-state index contributed by atoms with van der Waals surface area (Å²) in [6.07, 6.45) is 4.63. The maximum Gasteiger partial charge on any atom is 0.239 e. The maximum absolute atomic E-state index is 14.8. The van der Waals surface area contributed by atoms with Crippen LogP contribution < -0.4 is 4.90 Å². The van der Waals surface area contributed by atoms with Crippen LogP contribution in [0.1, 0.15) is 102 Å². The van der Waals surface area contributed by atoms with Crippen LogP contribution in [0.25, 0.3) is 0 Å². The van der Waals surface area contributed by atoms with Gasteiger partial charge in [0.1, 0.15) is 0 Å². The van der Waals surface area contributed by atoms with Gasteiger partial charge >= 0.3 is 0 Å². The van der Waals surface area contributed by atoms with E-state index in [-0.39, 0.29) is 23.0 Å². The first-order valence-electron chi connectivity index (χ1n) is 17.8. The van der Waals surface area contributed by atoms with Gasteiger partial charge in [-0.25, -0.2) is 0 Å². The second-order valence-corrected chi connectivity index (χ2v) is 17.0. The van der Waals surface area contributed by atoms with Crippen molar-refractivity contribution in [1.82, 2.24) is 4.90 Å². The van der Waals surface area contributed by atoms with Crippen molar-refractivity contribution >= 4 is 11.6 Å². The molecule has 3 fully saturated rings. The zero-order chi connectivity index (χ0) is 32.4. The molecule has 46 heavy (non-hydrogen) atoms. The van der Waals surface area contributed by atoms with Gasteiger partial charge in [0.25, 0.3) is 0 Å². The van der Waals surface area contributed by atoms with Crippen molar-refractivity contribution in [2.24, 2.45) is 17.8 Å². The number of para-hydroxylation sites is 1. The van der Waals surface area contributed by atoms with Gasteiger partial charge in [-0.2, -0.15) is 0 Å². The Labute approximate surface area is 277 Å². The number of hydrogen-bond acceptors (Lipinski definition) is 3. The minimum atomic E-state index is -0.449. The van der Waals surface area contributed by atoms with E-state index in [1.165, 1.54) is 34.2 Å². The molecule has 1 saturated carbocycles. The van der Waals surface area contributed by atoms with Crippen molar-refractivity contribution in [3.05, 3.63) is 101 Å². The minimum absolute atomic E-state index is 0.114. The highest BCUT2D eigenvalue weighted by atomic mass is 16.5. The molecule has 4 nitrogen and oxygen atoms in total. The van der Waals surface area contributed by atoms with E-state index in [0.29, 0.717) is 36.8 Å². The van der Waals surface area contributed by atoms with E-state index in [9.17, 15) is 4.79 Å². The molecule has 0 N–H and O–H groups in total. The van der Waals surface area contributed by atoms with Gasteiger partial charge in [-0.3, -0.25) is 9.69 Å². The van der Waals surface area contributed by atoms with Crippen LogP contribution >= 0.6 is 0 Å². The Morgan fingerprint density at radius 3 is 2.11 bits per heavy atom. The molecule has 1 spiro atoms. The molecule has 0 unspecified atom stereocenters. The minimum Gasteiger partial charge on any atom is -0.373 e. The van der Waals surface area contributed by atoms with Crippen molar-refractivity contribution in [3.63, 3.8) is 0 Å². The molecule has 4 aliphatic rings. The number of piperidine rings is 1. The Morgan fingerprint density at radius 1 is 0.826 bits per heavy atom. The molecule has 4 heteroatoms. The lowest BCUT2D eigenvalue weighted by Crippen LogP contribution is -2.57. The second kappa shape index (κ2) is 11.6. The molecule has 1 amide bonds. The molecule has 244 valence electrons. The number of anilines is 1. The van der Waals surface area contributed by atoms with Crippen molar-refractivity contribution in [2.75, 3.05) is 18.0 Å². The number of benzene rings is 3. The SMILES string of the molecule is C[C@@H]1[C@H]2C[C@@H]3N(CC[C@@]34C(=O)N(Cc3ccc(C(C)(C)C)cc3)c3ccccc34)C[C@@H]2CC[C@@H]1OCc1ccc(C(C)(C)C)cc1. The van der Waals surface area contributed by atoms with Gasteiger partial charge in [0.2, 0.25) is 5.91 Å². The Balaban J connectivity index is 1.09. The number of carbonyl (C=O) groups is 1. The standard InChI is InChI=1S/C42H54N2O2/c1-28-34-24-38-42(35-10-8-9-11-36(35)44(39(42)45)25-29-12-17-32(18-13-29)40(2,3)4)22-23-43(38)26-31(34)16-21-37(28)46-27-30-14-19-33(20-15-30)41(5,6)7/h8-15,17-20,28,31,34,37-38H,16,21-27H2,1-7H3/t28-,31+,34-,37+,38+,42+/m1/s1. The molecular formula is C42H54N2O2. The number of fused-ring (bicyclic) bond motifs is 5. The molecule has 0 radical (unpaired) electrons. The molecule has 6 atom stereocenters. The van der Waals surface area contributed by atoms with Crippen molar-refractivity contribution in [3.8, 4) is 0 Å². The van der Waals surface area contributed by atoms with Crippen LogP contribution in [-0.4, -0.2) is 36.0 Å². The lowest BCUT2D eigenvalue weighted by molar-refractivity contribution is -0.126. The zero-order valence-corrected chi connectivity index (χ0v) is 29.2. The largest absolute Gasteiger partial charge is 0.373 e. The maximum atomic E-state index is 14.8. The summed E-state index contributed by atoms with van der Waals surface area (Å²) in [5.74, 6) is 2.07. The van der Waals surface area contributed by atoms with E-state index in [0.717, 1.165) is 38.0 Å². The van der Waals surface area contributed by atoms with E-state index in [1.807, 2.05) is 0 Å². The van der Waals surface area contributed by atoms with Gasteiger partial charge in [0.15, 0.2) is 0 Å². The number of hydrogen-bond donors (Lipinski definition) is 0. The third-order valence-corrected chi connectivity index (χ3v) is 12.2. The summed E-state index contributed by atoms with van der Waals surface area (Å²) < 4.78 is 6.69. The van der Waals surface area contributed by atoms with Gasteiger partial charge < -0.3 is 9.64 Å². The highest BCUT2D eigenvalue weighted by Crippen LogP contribution is 2.56. The van der Waals surface area contributed by atoms with Crippen molar-refractivity contribution in [2.45, 2.75) is 116 Å². The smallest absolute Gasteiger partial charge is 0.239 e. The average molecular weight is 619 g/mol. The van der Waals surface area contributed by atoms with Gasteiger partial charge in [-0.1, -0.05) is 115 Å². The Kier molecular flexibility index (Phi) is 8.00. The van der Waals surface area contributed by atoms with Crippen LogP contribution in [0.2, 0.25) is 0 Å². The van der Waals surface area contributed by atoms with E-state index >= 15 is 0 Å². The summed E-state index contributed by atoms with van der Waals surface area (Å²) in [5.41, 5.74) is 7.34. The number of carbonyl (C=O) groups excluding carboxylic acids is 1. The quantitative estimate of drug-likeness (QED) is 0.287. The molecule has 3 aromatic rings. The van der Waals surface area contributed by atoms with Crippen molar-refractivity contribution < 1.29 is 9.53 Å². The first-order valence-corrected chi connectivity index (χ1v) is 17.8. The Bertz CT molecular complexity index is 1560. The fourth-order valence-corrected chi connectivity index (χ4v) is 9.38. The number of rotatable bonds is 5. The molecule has 7 rings (SSSR count). The highest BCUT2D eigenvalue weighted by Gasteiger charge is 2.62. The third kappa shape index (κ3) is 5.44. The summed E-state index contributed by atoms with van der Waals surface area (Å²) >= 11 is 0. The van der Waals surface area contributed by atoms with E-state index in [1.54, 1.807) is 0 Å². The number of amides is 1. The molecule has 0 aromatic heterocycles. The lowest BCUT2D eigenvalue weighted by atomic mass is 9.62. The predicted octanol–water partition coefficient (Wildman–Crippen LogP) is 8.79. The van der Waals surface area contributed by atoms with Crippen molar-refractivity contribution in [1.29, 1.82) is 0 Å². The summed E-state index contributed by atoms with van der Waals surface area (Å²) in [6, 6.07) is 26.8. The van der Waals surface area contributed by atoms with E-state index in [2.05, 4.69) is 131 Å². The molecule has 0 bridgehead atoms. The Morgan fingerprint density at radius 2 is 1.46 bits per heavy atom. The van der Waals surface area contributed by atoms with Crippen LogP contribution in [0, 0.1) is 17.8 Å². The van der Waals surface area contributed by atoms with Gasteiger partial charge in [0, 0.05) is 18.3 Å². The third-order valence-electron chi connectivity index (χ3n) is 12.2. The fourth-order valence-electron chi connectivity index (χ4n) is 9.38. The van der Waals surface area contributed by atoms with Crippen LogP contribution in [0.15, 0.2) is 72.8 Å². The van der Waals surface area contributed by atoms with Gasteiger partial charge in [-0.05, 0) is 94.7 Å². The lowest BCUT2D eigenvalue weighted by Gasteiger charge is -2.51. The van der Waals surface area contributed by atoms with Crippen LogP contribution in [-0.2, 0) is 38.9 Å². The fraction of sp³-hybridized carbons (Fsp3) is 0.548. The predicted molar refractivity (Wildman–Crippen MR) is 188 cm³/mol. The van der Waals surface area contributed by atoms with Crippen LogP contribution in [0.4, 0.5) is 5.69 Å². The second-order valence-electron chi connectivity index (χ2n) is 17.0. The molecular weight excluding hydrogens is 564 g/mol. The normalized spacial score (nSPS) is 29.6. The van der Waals surface area contributed by atoms with Gasteiger partial charge in [0.05, 0.1) is 24.7 Å². The summed E-state index contributed by atoms with van der Waals surface area (Å²) in [6.45, 7) is 19.4. The van der Waals surface area contributed by atoms with Crippen LogP contribution in [0.3, 0.4) is 0 Å². The topological polar surface area (TPSA) is 32.8 Å². The highest BCUT2D eigenvalue weighted by molar-refractivity contribution is 6.09. The zero-order valence-electron chi connectivity index (χ0n) is 29.2. The van der Waals surface area contributed by atoms with E-state index in [4.69, 9.17) is 4.74 Å². The molecule has 1 aliphatic carbocycles. The molecule has 3 aliphatic heterocycles. The summed E-state index contributed by atoms with van der Waals surface area (Å²) in [7, 11) is 0. The number of nitrogens with zero attached hydrogens (tertiary/aromatic N) is 2. The first-order chi connectivity index (χ1) is 21.9. The number of ether oxygens (including phenoxy) is 1. The molecule has 3 aromatic carbocycles. The monoisotopic (exact) mass is 618 g/mol. The first kappa shape index (κ1) is 31.6. The molecule has 2 saturated heterocycles. The molecule has 3 heterocycles. The summed E-state index contributed by atoms with van der Waals surface area (Å²) in [4.78, 5) is 19.6. The van der Waals surface area contributed by atoms with Gasteiger partial charge in [-0.15, -0.1) is 0 Å². The average Bonchev–Trinajstić information content (AvgIpc) is 3.51. The van der Waals surface area contributed by atoms with Crippen LogP contribution in [0.5, 0.6) is 0 Å². The Hall–Kier alpha value is -2.95. The summed E-state index contributed by atoms with van der Waals surface area (Å²) in [5, 5.41) is 0.